The van der Waals surface area contributed by atoms with E-state index >= 15 is 0 Å². The molecule has 4 aliphatic rings. The number of fused-ring (bicyclic) bond motifs is 12. The third-order valence-corrected chi connectivity index (χ3v) is 15.7. The molecule has 7 aromatic carbocycles. The molecule has 4 heteroatoms. The second kappa shape index (κ2) is 11.2. The molecule has 12 rings (SSSR count). The van der Waals surface area contributed by atoms with Gasteiger partial charge in [0.15, 0.2) is 0 Å². The van der Waals surface area contributed by atoms with Crippen molar-refractivity contribution < 1.29 is 0 Å². The van der Waals surface area contributed by atoms with E-state index in [0.717, 1.165) is 0 Å². The molecule has 1 saturated carbocycles. The zero-order valence-electron chi connectivity index (χ0n) is 32.9. The Bertz CT molecular complexity index is 2960. The van der Waals surface area contributed by atoms with E-state index in [1.807, 2.05) is 11.3 Å². The minimum absolute atomic E-state index is 0.00382. The van der Waals surface area contributed by atoms with E-state index in [1.54, 1.807) is 5.56 Å². The van der Waals surface area contributed by atoms with Gasteiger partial charge in [-0.25, -0.2) is 0 Å². The van der Waals surface area contributed by atoms with Gasteiger partial charge >= 0.3 is 6.85 Å². The molecule has 272 valence electrons. The maximum Gasteiger partial charge on any atom is 0.333 e. The molecule has 1 aromatic heterocycles. The highest BCUT2D eigenvalue weighted by Gasteiger charge is 2.62. The first kappa shape index (κ1) is 32.9. The minimum atomic E-state index is -0.0478. The molecule has 0 amide bonds. The number of hydrogen-bond donors (Lipinski definition) is 0. The normalized spacial score (nSPS) is 20.7. The van der Waals surface area contributed by atoms with Crippen LogP contribution in [0.1, 0.15) is 71.4 Å². The molecule has 2 unspecified atom stereocenters. The summed E-state index contributed by atoms with van der Waals surface area (Å²) in [4.78, 5) is 5.66. The Labute approximate surface area is 334 Å². The predicted molar refractivity (Wildman–Crippen MR) is 243 cm³/mol. The second-order valence-corrected chi connectivity index (χ2v) is 19.5. The molecule has 1 fully saturated rings. The largest absolute Gasteiger partial charge is 0.376 e. The summed E-state index contributed by atoms with van der Waals surface area (Å²) < 4.78 is 2.81. The molecule has 0 spiro atoms. The number of thiophene rings is 1. The number of rotatable bonds is 2. The van der Waals surface area contributed by atoms with Crippen LogP contribution in [0, 0.1) is 0 Å². The Balaban J connectivity index is 1.26. The van der Waals surface area contributed by atoms with Crippen LogP contribution in [0.25, 0.3) is 53.2 Å². The molecule has 56 heavy (non-hydrogen) atoms. The van der Waals surface area contributed by atoms with Gasteiger partial charge in [0.1, 0.15) is 0 Å². The number of benzene rings is 7. The van der Waals surface area contributed by atoms with Gasteiger partial charge in [-0.05, 0) is 111 Å². The fourth-order valence-corrected chi connectivity index (χ4v) is 12.6. The quantitative estimate of drug-likeness (QED) is 0.163. The number of hydrogen-bond acceptors (Lipinski definition) is 3. The summed E-state index contributed by atoms with van der Waals surface area (Å²) in [7, 11) is 0. The van der Waals surface area contributed by atoms with Gasteiger partial charge in [0.25, 0.3) is 0 Å². The zero-order valence-corrected chi connectivity index (χ0v) is 33.7. The van der Waals surface area contributed by atoms with Crippen LogP contribution < -0.4 is 20.6 Å². The van der Waals surface area contributed by atoms with Crippen LogP contribution in [0.2, 0.25) is 0 Å². The van der Waals surface area contributed by atoms with Crippen LogP contribution in [0.4, 0.5) is 22.7 Å². The topological polar surface area (TPSA) is 6.48 Å². The molecule has 0 N–H and O–H groups in total. The third kappa shape index (κ3) is 4.18. The fraction of sp³-hybridized carbons (Fsp3) is 0.231. The van der Waals surface area contributed by atoms with Crippen molar-refractivity contribution in [3.63, 3.8) is 0 Å². The summed E-state index contributed by atoms with van der Waals surface area (Å²) in [5.41, 5.74) is 16.6. The Morgan fingerprint density at radius 3 is 2.12 bits per heavy atom. The van der Waals surface area contributed by atoms with Gasteiger partial charge in [0.05, 0.1) is 15.9 Å². The van der Waals surface area contributed by atoms with Crippen LogP contribution in [0.3, 0.4) is 0 Å². The number of anilines is 4. The molecule has 4 heterocycles. The lowest BCUT2D eigenvalue weighted by Crippen LogP contribution is -2.64. The van der Waals surface area contributed by atoms with E-state index in [2.05, 4.69) is 178 Å². The van der Waals surface area contributed by atoms with Gasteiger partial charge in [0.2, 0.25) is 0 Å². The molecule has 0 saturated heterocycles. The average Bonchev–Trinajstić information content (AvgIpc) is 3.69. The first-order valence-corrected chi connectivity index (χ1v) is 21.4. The van der Waals surface area contributed by atoms with Crippen molar-refractivity contribution in [3.05, 3.63) is 145 Å². The third-order valence-electron chi connectivity index (χ3n) is 14.5. The zero-order chi connectivity index (χ0) is 37.7. The van der Waals surface area contributed by atoms with Crippen molar-refractivity contribution in [3.8, 4) is 22.3 Å². The van der Waals surface area contributed by atoms with Crippen LogP contribution in [0.5, 0.6) is 0 Å². The highest BCUT2D eigenvalue weighted by molar-refractivity contribution is 7.26. The molecule has 1 aliphatic carbocycles. The first-order valence-electron chi connectivity index (χ1n) is 20.6. The smallest absolute Gasteiger partial charge is 0.333 e. The van der Waals surface area contributed by atoms with Gasteiger partial charge in [0, 0.05) is 43.5 Å². The van der Waals surface area contributed by atoms with E-state index < -0.39 is 0 Å². The SMILES string of the molecule is CC(C)(C)c1cc2c3c(c1)C1(C)CCCCC1(C)N3c1c3c(cc4c1sc1ccccc14)-c1cc4ccccc4cc1N(c1ccc(-c4ccccc4)cc1)B23. The van der Waals surface area contributed by atoms with E-state index in [4.69, 9.17) is 0 Å². The molecule has 0 bridgehead atoms. The van der Waals surface area contributed by atoms with Gasteiger partial charge in [-0.1, -0.05) is 138 Å². The van der Waals surface area contributed by atoms with E-state index in [0.29, 0.717) is 0 Å². The summed E-state index contributed by atoms with van der Waals surface area (Å²) in [6, 6.07) is 51.1. The lowest BCUT2D eigenvalue weighted by Gasteiger charge is -2.53. The first-order chi connectivity index (χ1) is 27.1. The second-order valence-electron chi connectivity index (χ2n) is 18.4. The van der Waals surface area contributed by atoms with Gasteiger partial charge in [-0.2, -0.15) is 0 Å². The molecule has 8 aromatic rings. The van der Waals surface area contributed by atoms with Crippen LogP contribution in [-0.2, 0) is 10.8 Å². The molecule has 2 nitrogen and oxygen atoms in total. The summed E-state index contributed by atoms with van der Waals surface area (Å²) in [5, 5.41) is 5.33. The molecule has 2 atom stereocenters. The van der Waals surface area contributed by atoms with Gasteiger partial charge < -0.3 is 9.71 Å². The highest BCUT2D eigenvalue weighted by atomic mass is 32.1. The van der Waals surface area contributed by atoms with Crippen LogP contribution >= 0.6 is 11.3 Å². The summed E-state index contributed by atoms with van der Waals surface area (Å²) in [6.07, 6.45) is 4.95. The van der Waals surface area contributed by atoms with Crippen molar-refractivity contribution in [1.29, 1.82) is 0 Å². The summed E-state index contributed by atoms with van der Waals surface area (Å²) in [5.74, 6) is 0. The van der Waals surface area contributed by atoms with Crippen molar-refractivity contribution in [1.82, 2.24) is 0 Å². The van der Waals surface area contributed by atoms with Crippen LogP contribution in [0.15, 0.2) is 133 Å². The summed E-state index contributed by atoms with van der Waals surface area (Å²) in [6.45, 7) is 12.5. The summed E-state index contributed by atoms with van der Waals surface area (Å²) >= 11 is 2.00. The van der Waals surface area contributed by atoms with Crippen molar-refractivity contribution in [2.24, 2.45) is 0 Å². The predicted octanol–water partition coefficient (Wildman–Crippen LogP) is 13.2. The number of nitrogens with zero attached hydrogens (tertiary/aromatic N) is 2. The average molecular weight is 741 g/mol. The molecular weight excluding hydrogens is 695 g/mol. The standard InChI is InChI=1S/C52H45BN2S/c1-50(2,3)36-29-42-47-43(30-36)53-46-40(31-41-38-19-11-12-20-45(38)56-49(41)48(46)54(47)52(5)26-14-13-25-51(42,52)4)39-27-34-17-9-10-18-35(34)28-44(39)55(53)37-23-21-33(22-24-37)32-15-7-6-8-16-32/h6-12,15-24,27-31H,13-14,25-26H2,1-5H3. The molecule has 3 aliphatic heterocycles. The maximum absolute atomic E-state index is 2.93. The monoisotopic (exact) mass is 740 g/mol. The van der Waals surface area contributed by atoms with Crippen molar-refractivity contribution in [2.75, 3.05) is 9.71 Å². The maximum atomic E-state index is 2.93. The Kier molecular flexibility index (Phi) is 6.56. The van der Waals surface area contributed by atoms with Gasteiger partial charge in [-0.3, -0.25) is 0 Å². The van der Waals surface area contributed by atoms with Gasteiger partial charge in [-0.15, -0.1) is 11.3 Å². The van der Waals surface area contributed by atoms with Crippen LogP contribution in [-0.4, -0.2) is 12.4 Å². The minimum Gasteiger partial charge on any atom is -0.376 e. The lowest BCUT2D eigenvalue weighted by atomic mass is 9.43. The lowest BCUT2D eigenvalue weighted by molar-refractivity contribution is 0.195. The Hall–Kier alpha value is -5.32. The van der Waals surface area contributed by atoms with E-state index in [9.17, 15) is 0 Å². The Morgan fingerprint density at radius 1 is 0.643 bits per heavy atom. The highest BCUT2D eigenvalue weighted by Crippen LogP contribution is 2.64. The molecule has 0 radical (unpaired) electrons. The fourth-order valence-electron chi connectivity index (χ4n) is 11.4. The van der Waals surface area contributed by atoms with Crippen molar-refractivity contribution in [2.45, 2.75) is 76.7 Å². The Morgan fingerprint density at radius 2 is 1.34 bits per heavy atom. The van der Waals surface area contributed by atoms with Crippen molar-refractivity contribution >= 4 is 82.8 Å². The van der Waals surface area contributed by atoms with E-state index in [-0.39, 0.29) is 23.2 Å². The molecular formula is C52H45BN2S. The van der Waals surface area contributed by atoms with E-state index in [1.165, 1.54) is 118 Å².